The van der Waals surface area contributed by atoms with Crippen LogP contribution in [0.4, 0.5) is 4.79 Å². The zero-order valence-electron chi connectivity index (χ0n) is 19.7. The summed E-state index contributed by atoms with van der Waals surface area (Å²) >= 11 is 4.15. The molecule has 0 saturated heterocycles. The zero-order chi connectivity index (χ0) is 25.9. The average Bonchev–Trinajstić information content (AvgIpc) is 2.79. The van der Waals surface area contributed by atoms with Gasteiger partial charge in [-0.15, -0.1) is 0 Å². The predicted molar refractivity (Wildman–Crippen MR) is 129 cm³/mol. The van der Waals surface area contributed by atoms with Crippen LogP contribution in [0, 0.1) is 11.3 Å². The first-order chi connectivity index (χ1) is 16.0. The van der Waals surface area contributed by atoms with E-state index in [0.717, 1.165) is 4.90 Å². The summed E-state index contributed by atoms with van der Waals surface area (Å²) < 4.78 is 9.74. The highest BCUT2D eigenvalue weighted by atomic mass is 32.1. The molecule has 34 heavy (non-hydrogen) atoms. The van der Waals surface area contributed by atoms with Crippen LogP contribution < -0.4 is 10.6 Å². The predicted octanol–water partition coefficient (Wildman–Crippen LogP) is 1.84. The van der Waals surface area contributed by atoms with Gasteiger partial charge in [-0.3, -0.25) is 14.4 Å². The van der Waals surface area contributed by atoms with Gasteiger partial charge in [-0.1, -0.05) is 30.9 Å². The standard InChI is InChI=1S/C23H30N4O6S/c1-6-15-8-7-9-16(12-15)19(20(29)25-13-18(28)32-5)27(11-10-24)21(30)17(14-34)26-22(31)33-23(2,3)4/h6-9,12,17,19,34H,1,11,13-14H2,2-5H3,(H,25,29)(H,26,31). The largest absolute Gasteiger partial charge is 0.468 e. The maximum atomic E-state index is 13.4. The highest BCUT2D eigenvalue weighted by molar-refractivity contribution is 7.80. The Morgan fingerprint density at radius 1 is 1.29 bits per heavy atom. The third-order valence-electron chi connectivity index (χ3n) is 4.35. The molecule has 10 nitrogen and oxygen atoms in total. The van der Waals surface area contributed by atoms with E-state index >= 15 is 0 Å². The number of hydrogen-bond acceptors (Lipinski definition) is 8. The highest BCUT2D eigenvalue weighted by Gasteiger charge is 2.36. The van der Waals surface area contributed by atoms with E-state index in [1.807, 2.05) is 6.07 Å². The van der Waals surface area contributed by atoms with E-state index in [2.05, 4.69) is 34.6 Å². The third-order valence-corrected chi connectivity index (χ3v) is 4.72. The monoisotopic (exact) mass is 490 g/mol. The van der Waals surface area contributed by atoms with Gasteiger partial charge >= 0.3 is 12.1 Å². The quantitative estimate of drug-likeness (QED) is 0.258. The minimum atomic E-state index is -1.29. The fourth-order valence-electron chi connectivity index (χ4n) is 2.87. The van der Waals surface area contributed by atoms with Crippen LogP contribution in [0.2, 0.25) is 0 Å². The molecule has 0 heterocycles. The number of alkyl carbamates (subject to hydrolysis) is 1. The van der Waals surface area contributed by atoms with Gasteiger partial charge in [0.1, 0.15) is 30.8 Å². The number of nitriles is 1. The first-order valence-corrected chi connectivity index (χ1v) is 10.9. The normalized spacial score (nSPS) is 12.4. The Hall–Kier alpha value is -3.52. The van der Waals surface area contributed by atoms with E-state index in [0.29, 0.717) is 11.1 Å². The maximum Gasteiger partial charge on any atom is 0.408 e. The summed E-state index contributed by atoms with van der Waals surface area (Å²) in [7, 11) is 1.17. The molecule has 3 amide bonds. The number of ether oxygens (including phenoxy) is 2. The lowest BCUT2D eigenvalue weighted by atomic mass is 10.0. The fraction of sp³-hybridized carbons (Fsp3) is 0.435. The van der Waals surface area contributed by atoms with Gasteiger partial charge < -0.3 is 25.0 Å². The molecular weight excluding hydrogens is 460 g/mol. The zero-order valence-corrected chi connectivity index (χ0v) is 20.6. The summed E-state index contributed by atoms with van der Waals surface area (Å²) in [6.07, 6.45) is 0.710. The van der Waals surface area contributed by atoms with Gasteiger partial charge in [0.25, 0.3) is 0 Å². The molecule has 0 spiro atoms. The fourth-order valence-corrected chi connectivity index (χ4v) is 3.11. The van der Waals surface area contributed by atoms with Crippen LogP contribution in [0.3, 0.4) is 0 Å². The Morgan fingerprint density at radius 3 is 2.50 bits per heavy atom. The van der Waals surface area contributed by atoms with E-state index in [1.165, 1.54) is 7.11 Å². The van der Waals surface area contributed by atoms with Crippen LogP contribution in [0.15, 0.2) is 30.8 Å². The SMILES string of the molecule is C=Cc1cccc(C(C(=O)NCC(=O)OC)N(CC#N)C(=O)C(CS)NC(=O)OC(C)(C)C)c1. The van der Waals surface area contributed by atoms with Gasteiger partial charge in [-0.25, -0.2) is 4.79 Å². The first kappa shape index (κ1) is 28.5. The highest BCUT2D eigenvalue weighted by Crippen LogP contribution is 2.24. The Bertz CT molecular complexity index is 954. The lowest BCUT2D eigenvalue weighted by Gasteiger charge is -2.32. The lowest BCUT2D eigenvalue weighted by Crippen LogP contribution is -2.54. The Kier molecular flexibility index (Phi) is 11.1. The van der Waals surface area contributed by atoms with Crippen LogP contribution in [-0.2, 0) is 23.9 Å². The van der Waals surface area contributed by atoms with E-state index in [-0.39, 0.29) is 5.75 Å². The number of benzene rings is 1. The number of carbonyl (C=O) groups is 4. The van der Waals surface area contributed by atoms with Crippen molar-refractivity contribution in [2.24, 2.45) is 0 Å². The van der Waals surface area contributed by atoms with Crippen molar-refractivity contribution in [1.82, 2.24) is 15.5 Å². The topological polar surface area (TPSA) is 138 Å². The second kappa shape index (κ2) is 13.3. The second-order valence-corrected chi connectivity index (χ2v) is 8.44. The number of hydrogen-bond donors (Lipinski definition) is 3. The van der Waals surface area contributed by atoms with Gasteiger partial charge in [0, 0.05) is 5.75 Å². The smallest absolute Gasteiger partial charge is 0.408 e. The van der Waals surface area contributed by atoms with Crippen LogP contribution in [0.1, 0.15) is 37.9 Å². The number of amides is 3. The van der Waals surface area contributed by atoms with Gasteiger partial charge in [0.15, 0.2) is 0 Å². The van der Waals surface area contributed by atoms with Crippen molar-refractivity contribution in [2.75, 3.05) is 26.0 Å². The van der Waals surface area contributed by atoms with E-state index in [9.17, 15) is 24.4 Å². The van der Waals surface area contributed by atoms with Gasteiger partial charge in [-0.05, 0) is 38.0 Å². The van der Waals surface area contributed by atoms with E-state index in [4.69, 9.17) is 4.74 Å². The summed E-state index contributed by atoms with van der Waals surface area (Å²) in [5.41, 5.74) is 0.242. The van der Waals surface area contributed by atoms with Crippen molar-refractivity contribution in [3.63, 3.8) is 0 Å². The number of methoxy groups -OCH3 is 1. The van der Waals surface area contributed by atoms with Gasteiger partial charge in [0.2, 0.25) is 11.8 Å². The van der Waals surface area contributed by atoms with Crippen LogP contribution in [0.5, 0.6) is 0 Å². The molecule has 2 N–H and O–H groups in total. The number of esters is 1. The van der Waals surface area contributed by atoms with Crippen LogP contribution in [-0.4, -0.2) is 66.4 Å². The molecule has 0 saturated carbocycles. The molecule has 1 rings (SSSR count). The summed E-state index contributed by atoms with van der Waals surface area (Å²) in [4.78, 5) is 51.3. The molecular formula is C23H30N4O6S. The number of nitrogens with one attached hydrogen (secondary N) is 2. The Morgan fingerprint density at radius 2 is 1.97 bits per heavy atom. The summed E-state index contributed by atoms with van der Waals surface area (Å²) in [6.45, 7) is 7.79. The van der Waals surface area contributed by atoms with Crippen molar-refractivity contribution >= 4 is 42.6 Å². The summed E-state index contributed by atoms with van der Waals surface area (Å²) in [5.74, 6) is -2.26. The average molecular weight is 491 g/mol. The van der Waals surface area contributed by atoms with Crippen molar-refractivity contribution < 1.29 is 28.7 Å². The van der Waals surface area contributed by atoms with E-state index in [1.54, 1.807) is 51.1 Å². The van der Waals surface area contributed by atoms with E-state index < -0.39 is 54.7 Å². The molecule has 184 valence electrons. The minimum Gasteiger partial charge on any atom is -0.468 e. The third kappa shape index (κ3) is 8.78. The molecule has 11 heteroatoms. The van der Waals surface area contributed by atoms with Crippen molar-refractivity contribution in [2.45, 2.75) is 38.5 Å². The number of thiol groups is 1. The molecule has 1 aromatic carbocycles. The van der Waals surface area contributed by atoms with Crippen LogP contribution in [0.25, 0.3) is 6.08 Å². The summed E-state index contributed by atoms with van der Waals surface area (Å²) in [6, 6.07) is 6.03. The summed E-state index contributed by atoms with van der Waals surface area (Å²) in [5, 5.41) is 14.3. The molecule has 2 atom stereocenters. The second-order valence-electron chi connectivity index (χ2n) is 8.08. The number of nitrogens with zero attached hydrogens (tertiary/aromatic N) is 2. The molecule has 2 unspecified atom stereocenters. The van der Waals surface area contributed by atoms with Gasteiger partial charge in [-0.2, -0.15) is 17.9 Å². The molecule has 0 aliphatic heterocycles. The van der Waals surface area contributed by atoms with Crippen LogP contribution >= 0.6 is 12.6 Å². The molecule has 0 radical (unpaired) electrons. The molecule has 0 aliphatic carbocycles. The van der Waals surface area contributed by atoms with Gasteiger partial charge in [0.05, 0.1) is 13.2 Å². The Balaban J connectivity index is 3.37. The number of rotatable bonds is 10. The molecule has 1 aromatic rings. The van der Waals surface area contributed by atoms with Crippen molar-refractivity contribution in [3.05, 3.63) is 42.0 Å². The lowest BCUT2D eigenvalue weighted by molar-refractivity contribution is -0.144. The number of carbonyl (C=O) groups excluding carboxylic acids is 4. The molecule has 0 aromatic heterocycles. The van der Waals surface area contributed by atoms with Crippen molar-refractivity contribution in [3.8, 4) is 6.07 Å². The molecule has 0 bridgehead atoms. The van der Waals surface area contributed by atoms with Crippen molar-refractivity contribution in [1.29, 1.82) is 5.26 Å². The molecule has 0 aliphatic rings. The Labute approximate surface area is 204 Å². The minimum absolute atomic E-state index is 0.122. The molecule has 0 fully saturated rings. The maximum absolute atomic E-state index is 13.4. The first-order valence-electron chi connectivity index (χ1n) is 10.3.